The quantitative estimate of drug-likeness (QED) is 0.165. The maximum absolute atomic E-state index is 7.04. The first-order valence-corrected chi connectivity index (χ1v) is 14.4. The van der Waals surface area contributed by atoms with Gasteiger partial charge in [-0.2, -0.15) is 0 Å². The molecule has 40 heavy (non-hydrogen) atoms. The van der Waals surface area contributed by atoms with Crippen molar-refractivity contribution in [1.29, 1.82) is 0 Å². The molecule has 2 aromatic heterocycles. The lowest BCUT2D eigenvalue weighted by Crippen LogP contribution is -2.32. The lowest BCUT2D eigenvalue weighted by Gasteiger charge is -2.27. The van der Waals surface area contributed by atoms with Crippen molar-refractivity contribution in [3.05, 3.63) is 77.5 Å². The largest absolute Gasteiger partial charge is 0.456 e. The molecule has 3 heteroatoms. The molecule has 6 aromatic rings. The van der Waals surface area contributed by atoms with Gasteiger partial charge in [-0.05, 0) is 64.6 Å². The summed E-state index contributed by atoms with van der Waals surface area (Å²) in [6.45, 7) is 16.0. The summed E-state index contributed by atoms with van der Waals surface area (Å²) in [5.74, 6) is 1.87. The third kappa shape index (κ3) is 3.82. The molecule has 0 spiro atoms. The summed E-state index contributed by atoms with van der Waals surface area (Å²) >= 11 is 0. The van der Waals surface area contributed by atoms with Crippen LogP contribution in [0, 0.1) is 17.8 Å². The van der Waals surface area contributed by atoms with E-state index in [0.29, 0.717) is 0 Å². The lowest BCUT2D eigenvalue weighted by molar-refractivity contribution is -0.659. The molecule has 0 saturated heterocycles. The number of benzene rings is 4. The number of para-hydroxylation sites is 1. The molecule has 0 aliphatic carbocycles. The molecule has 0 bridgehead atoms. The number of pyridine rings is 1. The number of aromatic nitrogens is 1. The molecule has 3 heterocycles. The molecule has 3 nitrogen and oxygen atoms in total. The molecule has 0 saturated carbocycles. The average Bonchev–Trinajstić information content (AvgIpc) is 3.26. The fraction of sp³-hybridized carbons (Fsp3) is 0.324. The SMILES string of the molecule is Cc1c2c(c(CC(C)(C)C)c3oc4ccccc4c13)Oc1cc3cc(CC(C)(C)C)ccc3c3cc[n+](C)c-2c13. The van der Waals surface area contributed by atoms with Crippen molar-refractivity contribution < 1.29 is 13.7 Å². The highest BCUT2D eigenvalue weighted by atomic mass is 16.5. The van der Waals surface area contributed by atoms with Crippen LogP contribution < -0.4 is 9.30 Å². The summed E-state index contributed by atoms with van der Waals surface area (Å²) in [7, 11) is 2.16. The average molecular weight is 529 g/mol. The molecule has 0 fully saturated rings. The standard InChI is InChI=1S/C37H38NO2/c1-21-30-26-11-9-10-12-28(26)39-34(30)27(20-37(5,6)7)35-31(21)33-32-25(15-16-38(33)8)24-14-13-22(19-36(2,3)4)17-23(24)18-29(32)40-35/h9-18H,19-20H2,1-8H3/q+1. The van der Waals surface area contributed by atoms with E-state index in [1.54, 1.807) is 0 Å². The van der Waals surface area contributed by atoms with Crippen LogP contribution in [0.4, 0.5) is 0 Å². The zero-order valence-corrected chi connectivity index (χ0v) is 25.0. The second-order valence-electron chi connectivity index (χ2n) is 14.2. The topological polar surface area (TPSA) is 26.2 Å². The van der Waals surface area contributed by atoms with Gasteiger partial charge in [-0.25, -0.2) is 4.57 Å². The maximum atomic E-state index is 7.04. The Hall–Kier alpha value is -3.85. The van der Waals surface area contributed by atoms with Crippen molar-refractivity contribution in [2.24, 2.45) is 17.9 Å². The summed E-state index contributed by atoms with van der Waals surface area (Å²) < 4.78 is 15.9. The van der Waals surface area contributed by atoms with E-state index in [1.165, 1.54) is 54.7 Å². The molecule has 7 rings (SSSR count). The highest BCUT2D eigenvalue weighted by Gasteiger charge is 2.36. The van der Waals surface area contributed by atoms with Crippen LogP contribution >= 0.6 is 0 Å². The van der Waals surface area contributed by atoms with Crippen LogP contribution in [0.2, 0.25) is 0 Å². The second kappa shape index (κ2) is 8.33. The van der Waals surface area contributed by atoms with E-state index in [1.807, 2.05) is 0 Å². The summed E-state index contributed by atoms with van der Waals surface area (Å²) in [4.78, 5) is 0. The lowest BCUT2D eigenvalue weighted by atomic mass is 9.83. The minimum Gasteiger partial charge on any atom is -0.456 e. The molecular weight excluding hydrogens is 490 g/mol. The normalized spacial score (nSPS) is 13.4. The van der Waals surface area contributed by atoms with Crippen LogP contribution in [0.15, 0.2) is 65.2 Å². The molecule has 0 atom stereocenters. The number of nitrogens with zero attached hydrogens (tertiary/aromatic N) is 1. The van der Waals surface area contributed by atoms with Gasteiger partial charge >= 0.3 is 0 Å². The Morgan fingerprint density at radius 1 is 0.775 bits per heavy atom. The molecule has 0 N–H and O–H groups in total. The van der Waals surface area contributed by atoms with Crippen LogP contribution in [0.1, 0.15) is 58.2 Å². The van der Waals surface area contributed by atoms with E-state index >= 15 is 0 Å². The first-order valence-electron chi connectivity index (χ1n) is 14.4. The van der Waals surface area contributed by atoms with Gasteiger partial charge in [-0.15, -0.1) is 0 Å². The van der Waals surface area contributed by atoms with Gasteiger partial charge in [-0.1, -0.05) is 77.9 Å². The zero-order valence-electron chi connectivity index (χ0n) is 25.0. The predicted molar refractivity (Wildman–Crippen MR) is 166 cm³/mol. The van der Waals surface area contributed by atoms with E-state index in [0.717, 1.165) is 41.1 Å². The van der Waals surface area contributed by atoms with Crippen molar-refractivity contribution in [3.63, 3.8) is 0 Å². The summed E-state index contributed by atoms with van der Waals surface area (Å²) in [6.07, 6.45) is 4.10. The van der Waals surface area contributed by atoms with Gasteiger partial charge in [0.1, 0.15) is 29.7 Å². The number of aryl methyl sites for hydroxylation is 2. The van der Waals surface area contributed by atoms with Gasteiger partial charge in [0.2, 0.25) is 5.69 Å². The fourth-order valence-corrected chi connectivity index (χ4v) is 6.79. The third-order valence-corrected chi connectivity index (χ3v) is 8.27. The third-order valence-electron chi connectivity index (χ3n) is 8.27. The van der Waals surface area contributed by atoms with Gasteiger partial charge in [0.15, 0.2) is 6.20 Å². The number of furan rings is 1. The second-order valence-corrected chi connectivity index (χ2v) is 14.2. The molecule has 0 radical (unpaired) electrons. The fourth-order valence-electron chi connectivity index (χ4n) is 6.79. The summed E-state index contributed by atoms with van der Waals surface area (Å²) in [5, 5.41) is 7.29. The van der Waals surface area contributed by atoms with Crippen molar-refractivity contribution in [3.8, 4) is 22.8 Å². The predicted octanol–water partition coefficient (Wildman–Crippen LogP) is 9.98. The van der Waals surface area contributed by atoms with E-state index in [2.05, 4.69) is 121 Å². The van der Waals surface area contributed by atoms with Gasteiger partial charge in [0.05, 0.1) is 10.9 Å². The number of fused-ring (bicyclic) bond motifs is 7. The number of hydrogen-bond acceptors (Lipinski definition) is 2. The highest BCUT2D eigenvalue weighted by Crippen LogP contribution is 2.54. The van der Waals surface area contributed by atoms with Gasteiger partial charge in [0, 0.05) is 27.8 Å². The molecule has 0 unspecified atom stereocenters. The smallest absolute Gasteiger partial charge is 0.228 e. The van der Waals surface area contributed by atoms with Crippen LogP contribution in [0.25, 0.3) is 54.7 Å². The minimum absolute atomic E-state index is 0.0536. The van der Waals surface area contributed by atoms with Crippen LogP contribution in [0.3, 0.4) is 0 Å². The molecule has 0 amide bonds. The molecule has 1 aliphatic rings. The van der Waals surface area contributed by atoms with Crippen LogP contribution in [-0.2, 0) is 19.9 Å². The Bertz CT molecular complexity index is 2010. The van der Waals surface area contributed by atoms with Crippen LogP contribution in [-0.4, -0.2) is 0 Å². The van der Waals surface area contributed by atoms with Crippen molar-refractivity contribution in [2.45, 2.75) is 61.3 Å². The summed E-state index contributed by atoms with van der Waals surface area (Å²) in [6, 6.07) is 19.9. The Balaban J connectivity index is 1.60. The number of ether oxygens (including phenoxy) is 1. The van der Waals surface area contributed by atoms with Gasteiger partial charge in [0.25, 0.3) is 0 Å². The van der Waals surface area contributed by atoms with E-state index < -0.39 is 0 Å². The van der Waals surface area contributed by atoms with E-state index in [-0.39, 0.29) is 10.8 Å². The minimum atomic E-state index is 0.0536. The highest BCUT2D eigenvalue weighted by molar-refractivity contribution is 6.18. The molecule has 1 aliphatic heterocycles. The Kier molecular flexibility index (Phi) is 5.24. The monoisotopic (exact) mass is 528 g/mol. The number of rotatable bonds is 2. The maximum Gasteiger partial charge on any atom is 0.228 e. The Labute approximate surface area is 236 Å². The van der Waals surface area contributed by atoms with Crippen molar-refractivity contribution >= 4 is 43.5 Å². The van der Waals surface area contributed by atoms with Crippen molar-refractivity contribution in [1.82, 2.24) is 0 Å². The zero-order chi connectivity index (χ0) is 28.1. The Morgan fingerprint density at radius 2 is 1.52 bits per heavy atom. The van der Waals surface area contributed by atoms with Gasteiger partial charge in [-0.3, -0.25) is 0 Å². The van der Waals surface area contributed by atoms with E-state index in [9.17, 15) is 0 Å². The number of hydrogen-bond donors (Lipinski definition) is 0. The Morgan fingerprint density at radius 3 is 2.27 bits per heavy atom. The van der Waals surface area contributed by atoms with E-state index in [4.69, 9.17) is 9.15 Å². The van der Waals surface area contributed by atoms with Crippen LogP contribution in [0.5, 0.6) is 11.5 Å². The molecule has 4 aromatic carbocycles. The van der Waals surface area contributed by atoms with Crippen molar-refractivity contribution in [2.75, 3.05) is 0 Å². The molecule has 202 valence electrons. The van der Waals surface area contributed by atoms with Gasteiger partial charge < -0.3 is 9.15 Å². The molecular formula is C37H38NO2+. The summed E-state index contributed by atoms with van der Waals surface area (Å²) in [5.41, 5.74) is 8.29. The first-order chi connectivity index (χ1) is 18.9. The first kappa shape index (κ1) is 25.1.